The van der Waals surface area contributed by atoms with Gasteiger partial charge < -0.3 is 20.3 Å². The molecule has 0 bridgehead atoms. The van der Waals surface area contributed by atoms with Gasteiger partial charge in [0.1, 0.15) is 5.75 Å². The summed E-state index contributed by atoms with van der Waals surface area (Å²) in [5.74, 6) is -3.12. The van der Waals surface area contributed by atoms with Crippen molar-refractivity contribution in [3.8, 4) is 5.75 Å². The van der Waals surface area contributed by atoms with Gasteiger partial charge in [0.15, 0.2) is 0 Å². The van der Waals surface area contributed by atoms with Gasteiger partial charge in [-0.3, -0.25) is 9.69 Å². The van der Waals surface area contributed by atoms with E-state index in [0.717, 1.165) is 13.0 Å². The van der Waals surface area contributed by atoms with Crippen LogP contribution in [-0.4, -0.2) is 59.2 Å². The first kappa shape index (κ1) is 23.4. The topological polar surface area (TPSA) is 116 Å². The predicted molar refractivity (Wildman–Crippen MR) is 113 cm³/mol. The van der Waals surface area contributed by atoms with Crippen molar-refractivity contribution in [3.63, 3.8) is 0 Å². The summed E-state index contributed by atoms with van der Waals surface area (Å²) in [7, 11) is 1.59. The van der Waals surface area contributed by atoms with Gasteiger partial charge in [0, 0.05) is 30.1 Å². The quantitative estimate of drug-likeness (QED) is 0.620. The number of ether oxygens (including phenoxy) is 1. The Morgan fingerprint density at radius 1 is 1.17 bits per heavy atom. The van der Waals surface area contributed by atoms with Crippen molar-refractivity contribution in [3.05, 3.63) is 51.7 Å². The average Bonchev–Trinajstić information content (AvgIpc) is 3.19. The molecule has 0 fully saturated rings. The molecule has 0 unspecified atom stereocenters. The van der Waals surface area contributed by atoms with Crippen molar-refractivity contribution in [2.75, 3.05) is 20.2 Å². The molecule has 8 nitrogen and oxygen atoms in total. The fourth-order valence-electron chi connectivity index (χ4n) is 3.49. The smallest absolute Gasteiger partial charge is 0.414 e. The molecule has 2 atom stereocenters. The number of amides is 1. The van der Waals surface area contributed by atoms with Crippen LogP contribution >= 0.6 is 11.3 Å². The molecular weight excluding hydrogens is 408 g/mol. The van der Waals surface area contributed by atoms with Crippen LogP contribution in [-0.2, 0) is 16.0 Å². The van der Waals surface area contributed by atoms with Crippen LogP contribution in [0.4, 0.5) is 0 Å². The van der Waals surface area contributed by atoms with Gasteiger partial charge in [-0.25, -0.2) is 9.59 Å². The van der Waals surface area contributed by atoms with Crippen molar-refractivity contribution in [1.29, 1.82) is 0 Å². The molecule has 3 rings (SSSR count). The molecule has 1 aliphatic heterocycles. The van der Waals surface area contributed by atoms with Gasteiger partial charge in [0.05, 0.1) is 12.7 Å². The number of nitrogens with zero attached hydrogens (tertiary/aromatic N) is 1. The highest BCUT2D eigenvalue weighted by Crippen LogP contribution is 2.35. The second-order valence-electron chi connectivity index (χ2n) is 6.84. The Morgan fingerprint density at radius 2 is 1.83 bits per heavy atom. The first-order valence-corrected chi connectivity index (χ1v) is 10.3. The lowest BCUT2D eigenvalue weighted by molar-refractivity contribution is -0.159. The van der Waals surface area contributed by atoms with E-state index >= 15 is 0 Å². The minimum atomic E-state index is -1.82. The normalized spacial score (nSPS) is 17.8. The summed E-state index contributed by atoms with van der Waals surface area (Å²) < 4.78 is 5.26. The Morgan fingerprint density at radius 3 is 2.47 bits per heavy atom. The molecule has 1 aromatic carbocycles. The van der Waals surface area contributed by atoms with E-state index in [-0.39, 0.29) is 5.91 Å². The van der Waals surface area contributed by atoms with Gasteiger partial charge in [-0.15, -0.1) is 11.3 Å². The van der Waals surface area contributed by atoms with Gasteiger partial charge in [-0.05, 0) is 49.4 Å². The van der Waals surface area contributed by atoms with Crippen molar-refractivity contribution in [2.24, 2.45) is 0 Å². The number of hydrogen-bond acceptors (Lipinski definition) is 6. The maximum Gasteiger partial charge on any atom is 0.414 e. The van der Waals surface area contributed by atoms with Crippen LogP contribution in [0.2, 0.25) is 0 Å². The van der Waals surface area contributed by atoms with Crippen molar-refractivity contribution >= 4 is 29.2 Å². The molecule has 1 aliphatic rings. The lowest BCUT2D eigenvalue weighted by atomic mass is 9.97. The highest BCUT2D eigenvalue weighted by Gasteiger charge is 2.29. The van der Waals surface area contributed by atoms with Crippen LogP contribution in [0.1, 0.15) is 40.7 Å². The summed E-state index contributed by atoms with van der Waals surface area (Å²) in [5, 5.41) is 20.0. The molecule has 0 aliphatic carbocycles. The molecule has 1 amide bonds. The number of carbonyl (C=O) groups is 3. The lowest BCUT2D eigenvalue weighted by Crippen LogP contribution is -2.44. The molecule has 1 aromatic heterocycles. The summed E-state index contributed by atoms with van der Waals surface area (Å²) >= 11 is 1.84. The Hall–Kier alpha value is -2.91. The monoisotopic (exact) mass is 434 g/mol. The minimum absolute atomic E-state index is 0.0819. The van der Waals surface area contributed by atoms with E-state index in [2.05, 4.69) is 35.5 Å². The first-order valence-electron chi connectivity index (χ1n) is 9.45. The zero-order valence-electron chi connectivity index (χ0n) is 17.1. The van der Waals surface area contributed by atoms with Gasteiger partial charge in [0.2, 0.25) is 0 Å². The molecule has 0 radical (unpaired) electrons. The summed E-state index contributed by atoms with van der Waals surface area (Å²) in [4.78, 5) is 34.5. The Labute approximate surface area is 179 Å². The SMILES string of the molecule is COc1ccccc1C(=O)NCCN1[C@H](C)Cc2ccsc2[C@@H]1C.O=C(O)C(=O)O. The molecule has 30 heavy (non-hydrogen) atoms. The van der Waals surface area contributed by atoms with Gasteiger partial charge in [-0.2, -0.15) is 0 Å². The summed E-state index contributed by atoms with van der Waals surface area (Å²) in [5.41, 5.74) is 2.06. The Bertz CT molecular complexity index is 885. The molecule has 9 heteroatoms. The third-order valence-electron chi connectivity index (χ3n) is 4.93. The lowest BCUT2D eigenvalue weighted by Gasteiger charge is -2.38. The molecule has 162 valence electrons. The average molecular weight is 435 g/mol. The number of methoxy groups -OCH3 is 1. The molecule has 0 saturated carbocycles. The molecule has 0 spiro atoms. The molecule has 2 heterocycles. The molecule has 0 saturated heterocycles. The predicted octanol–water partition coefficient (Wildman–Crippen LogP) is 2.65. The summed E-state index contributed by atoms with van der Waals surface area (Å²) in [6.07, 6.45) is 1.09. The molecular formula is C21H26N2O6S. The largest absolute Gasteiger partial charge is 0.496 e. The van der Waals surface area contributed by atoms with Gasteiger partial charge in [-0.1, -0.05) is 12.1 Å². The third-order valence-corrected chi connectivity index (χ3v) is 6.06. The molecule has 3 N–H and O–H groups in total. The summed E-state index contributed by atoms with van der Waals surface area (Å²) in [6, 6.07) is 10.5. The van der Waals surface area contributed by atoms with Gasteiger partial charge >= 0.3 is 11.9 Å². The van der Waals surface area contributed by atoms with Crippen LogP contribution in [0.3, 0.4) is 0 Å². The fourth-order valence-corrected chi connectivity index (χ4v) is 4.50. The number of carbonyl (C=O) groups excluding carboxylic acids is 1. The molecule has 2 aromatic rings. The Kier molecular flexibility index (Phi) is 8.37. The number of thiophene rings is 1. The number of hydrogen-bond donors (Lipinski definition) is 3. The number of carboxylic acids is 2. The van der Waals surface area contributed by atoms with Crippen LogP contribution in [0.15, 0.2) is 35.7 Å². The number of carboxylic acid groups (broad SMARTS) is 2. The van der Waals surface area contributed by atoms with E-state index in [1.165, 1.54) is 10.4 Å². The maximum atomic E-state index is 12.4. The zero-order valence-corrected chi connectivity index (χ0v) is 17.9. The number of para-hydroxylation sites is 1. The second-order valence-corrected chi connectivity index (χ2v) is 7.79. The standard InChI is InChI=1S/C19H24N2O2S.C2H2O4/c1-13-12-15-8-11-24-18(15)14(2)21(13)10-9-20-19(22)16-6-4-5-7-17(16)23-3;3-1(4)2(5)6/h4-8,11,13-14H,9-10,12H2,1-3H3,(H,20,22);(H,3,4)(H,5,6)/t13-,14+;/m1./s1. The van der Waals surface area contributed by atoms with Gasteiger partial charge in [0.25, 0.3) is 5.91 Å². The van der Waals surface area contributed by atoms with E-state index in [1.54, 1.807) is 13.2 Å². The van der Waals surface area contributed by atoms with Crippen molar-refractivity contribution < 1.29 is 29.3 Å². The minimum Gasteiger partial charge on any atom is -0.496 e. The third kappa shape index (κ3) is 5.80. The number of benzene rings is 1. The van der Waals surface area contributed by atoms with Crippen molar-refractivity contribution in [1.82, 2.24) is 10.2 Å². The highest BCUT2D eigenvalue weighted by atomic mass is 32.1. The maximum absolute atomic E-state index is 12.4. The first-order chi connectivity index (χ1) is 14.3. The highest BCUT2D eigenvalue weighted by molar-refractivity contribution is 7.10. The number of aliphatic carboxylic acids is 2. The van der Waals surface area contributed by atoms with E-state index in [9.17, 15) is 4.79 Å². The number of rotatable bonds is 5. The Balaban J connectivity index is 0.000000469. The second kappa shape index (κ2) is 10.7. The van der Waals surface area contributed by atoms with E-state index in [1.807, 2.05) is 29.5 Å². The number of nitrogens with one attached hydrogen (secondary N) is 1. The fraction of sp³-hybridized carbons (Fsp3) is 0.381. The van der Waals surface area contributed by atoms with E-state index in [0.29, 0.717) is 29.9 Å². The van der Waals surface area contributed by atoms with E-state index < -0.39 is 11.9 Å². The van der Waals surface area contributed by atoms with Crippen LogP contribution < -0.4 is 10.1 Å². The van der Waals surface area contributed by atoms with Crippen LogP contribution in [0.5, 0.6) is 5.75 Å². The zero-order chi connectivity index (χ0) is 22.3. The van der Waals surface area contributed by atoms with E-state index in [4.69, 9.17) is 24.5 Å². The van der Waals surface area contributed by atoms with Crippen LogP contribution in [0, 0.1) is 0 Å². The number of fused-ring (bicyclic) bond motifs is 1. The summed E-state index contributed by atoms with van der Waals surface area (Å²) in [6.45, 7) is 6.00. The van der Waals surface area contributed by atoms with Crippen LogP contribution in [0.25, 0.3) is 0 Å². The van der Waals surface area contributed by atoms with Crippen molar-refractivity contribution in [2.45, 2.75) is 32.4 Å².